The lowest BCUT2D eigenvalue weighted by atomic mass is 10.1. The Labute approximate surface area is 174 Å². The van der Waals surface area contributed by atoms with Gasteiger partial charge in [0.2, 0.25) is 0 Å². The molecule has 5 heteroatoms. The Balaban J connectivity index is 1.59. The van der Waals surface area contributed by atoms with Crippen LogP contribution in [0.15, 0.2) is 77.7 Å². The lowest BCUT2D eigenvalue weighted by Gasteiger charge is -2.18. The molecule has 0 aliphatic rings. The van der Waals surface area contributed by atoms with Crippen molar-refractivity contribution < 1.29 is 4.79 Å². The summed E-state index contributed by atoms with van der Waals surface area (Å²) in [4.78, 5) is 15.5. The highest BCUT2D eigenvalue weighted by Crippen LogP contribution is 2.24. The first-order chi connectivity index (χ1) is 13.0. The van der Waals surface area contributed by atoms with Crippen molar-refractivity contribution in [2.75, 3.05) is 7.05 Å². The summed E-state index contributed by atoms with van der Waals surface area (Å²) in [6.07, 6.45) is 0. The van der Waals surface area contributed by atoms with Gasteiger partial charge in [-0.3, -0.25) is 4.79 Å². The molecule has 0 saturated heterocycles. The van der Waals surface area contributed by atoms with Gasteiger partial charge in [0.1, 0.15) is 0 Å². The molecule has 0 aliphatic heterocycles. The number of halogens is 2. The van der Waals surface area contributed by atoms with E-state index in [-0.39, 0.29) is 5.91 Å². The van der Waals surface area contributed by atoms with E-state index in [2.05, 4.69) is 0 Å². The molecule has 0 unspecified atom stereocenters. The van der Waals surface area contributed by atoms with Gasteiger partial charge < -0.3 is 4.90 Å². The zero-order valence-corrected chi connectivity index (χ0v) is 17.2. The molecule has 1 amide bonds. The zero-order chi connectivity index (χ0) is 19.2. The van der Waals surface area contributed by atoms with Gasteiger partial charge in [-0.2, -0.15) is 0 Å². The lowest BCUT2D eigenvalue weighted by Crippen LogP contribution is -2.26. The van der Waals surface area contributed by atoms with Crippen LogP contribution in [0.5, 0.6) is 0 Å². The molecule has 2 nitrogen and oxygen atoms in total. The fourth-order valence-electron chi connectivity index (χ4n) is 2.62. The minimum atomic E-state index is -0.0215. The Hall–Kier alpha value is -1.94. The molecule has 0 aromatic heterocycles. The van der Waals surface area contributed by atoms with Gasteiger partial charge in [-0.1, -0.05) is 53.5 Å². The van der Waals surface area contributed by atoms with Gasteiger partial charge in [0, 0.05) is 39.8 Å². The van der Waals surface area contributed by atoms with Crippen molar-refractivity contribution in [3.8, 4) is 0 Å². The van der Waals surface area contributed by atoms with E-state index >= 15 is 0 Å². The third kappa shape index (κ3) is 5.52. The molecule has 3 aromatic carbocycles. The van der Waals surface area contributed by atoms with Crippen molar-refractivity contribution in [1.29, 1.82) is 0 Å². The van der Waals surface area contributed by atoms with Crippen LogP contribution in [0.25, 0.3) is 0 Å². The van der Waals surface area contributed by atoms with E-state index < -0.39 is 0 Å². The number of carbonyl (C=O) groups excluding carboxylic acids is 1. The van der Waals surface area contributed by atoms with Crippen LogP contribution < -0.4 is 0 Å². The minimum absolute atomic E-state index is 0.0215. The normalized spacial score (nSPS) is 10.6. The molecule has 0 radical (unpaired) electrons. The SMILES string of the molecule is CN(Cc1ccccc1Cl)C(=O)c1ccc(CSc2ccc(Cl)cc2)cc1. The Kier molecular flexibility index (Phi) is 6.84. The quantitative estimate of drug-likeness (QED) is 0.424. The van der Waals surface area contributed by atoms with E-state index in [4.69, 9.17) is 23.2 Å². The van der Waals surface area contributed by atoms with E-state index in [0.717, 1.165) is 16.3 Å². The highest BCUT2D eigenvalue weighted by Gasteiger charge is 2.13. The van der Waals surface area contributed by atoms with Crippen molar-refractivity contribution in [2.24, 2.45) is 0 Å². The van der Waals surface area contributed by atoms with Gasteiger partial charge in [0.15, 0.2) is 0 Å². The van der Waals surface area contributed by atoms with Crippen LogP contribution >= 0.6 is 35.0 Å². The van der Waals surface area contributed by atoms with Crippen molar-refractivity contribution in [2.45, 2.75) is 17.2 Å². The molecule has 0 aliphatic carbocycles. The van der Waals surface area contributed by atoms with Crippen LogP contribution in [0.4, 0.5) is 0 Å². The maximum Gasteiger partial charge on any atom is 0.253 e. The summed E-state index contributed by atoms with van der Waals surface area (Å²) in [7, 11) is 1.79. The Morgan fingerprint density at radius 3 is 2.26 bits per heavy atom. The second-order valence-corrected chi connectivity index (χ2v) is 8.08. The molecule has 3 aromatic rings. The topological polar surface area (TPSA) is 20.3 Å². The molecular weight excluding hydrogens is 397 g/mol. The summed E-state index contributed by atoms with van der Waals surface area (Å²) >= 11 is 13.8. The molecule has 0 fully saturated rings. The molecule has 138 valence electrons. The maximum atomic E-state index is 12.6. The van der Waals surface area contributed by atoms with Crippen LogP contribution in [-0.4, -0.2) is 17.9 Å². The van der Waals surface area contributed by atoms with Gasteiger partial charge in [-0.25, -0.2) is 0 Å². The second-order valence-electron chi connectivity index (χ2n) is 6.19. The van der Waals surface area contributed by atoms with Crippen LogP contribution in [-0.2, 0) is 12.3 Å². The predicted octanol–water partition coefficient (Wildman–Crippen LogP) is 6.56. The van der Waals surface area contributed by atoms with E-state index in [1.807, 2.05) is 72.8 Å². The van der Waals surface area contributed by atoms with E-state index in [1.54, 1.807) is 23.7 Å². The summed E-state index contributed by atoms with van der Waals surface area (Å²) in [5, 5.41) is 1.41. The summed E-state index contributed by atoms with van der Waals surface area (Å²) in [5.74, 6) is 0.817. The monoisotopic (exact) mass is 415 g/mol. The number of rotatable bonds is 6. The maximum absolute atomic E-state index is 12.6. The molecule has 3 rings (SSSR count). The average molecular weight is 416 g/mol. The molecule has 0 bridgehead atoms. The van der Waals surface area contributed by atoms with Crippen molar-refractivity contribution >= 4 is 40.9 Å². The van der Waals surface area contributed by atoms with Gasteiger partial charge in [0.25, 0.3) is 5.91 Å². The molecular formula is C22H19Cl2NOS. The highest BCUT2D eigenvalue weighted by molar-refractivity contribution is 7.98. The Bertz CT molecular complexity index is 910. The molecule has 0 N–H and O–H groups in total. The van der Waals surface area contributed by atoms with Gasteiger partial charge in [-0.15, -0.1) is 11.8 Å². The Morgan fingerprint density at radius 1 is 0.926 bits per heavy atom. The van der Waals surface area contributed by atoms with E-state index in [1.165, 1.54) is 10.5 Å². The third-order valence-corrected chi connectivity index (χ3v) is 5.84. The first kappa shape index (κ1) is 19.8. The van der Waals surface area contributed by atoms with Crippen molar-refractivity contribution in [3.63, 3.8) is 0 Å². The van der Waals surface area contributed by atoms with Crippen LogP contribution in [0.2, 0.25) is 10.0 Å². The first-order valence-electron chi connectivity index (χ1n) is 8.49. The lowest BCUT2D eigenvalue weighted by molar-refractivity contribution is 0.0785. The molecule has 0 spiro atoms. The second kappa shape index (κ2) is 9.32. The van der Waals surface area contributed by atoms with Crippen LogP contribution in [0.3, 0.4) is 0 Å². The van der Waals surface area contributed by atoms with Gasteiger partial charge in [0.05, 0.1) is 0 Å². The molecule has 0 saturated carbocycles. The predicted molar refractivity (Wildman–Crippen MR) is 115 cm³/mol. The number of hydrogen-bond acceptors (Lipinski definition) is 2. The van der Waals surface area contributed by atoms with Crippen molar-refractivity contribution in [3.05, 3.63) is 99.5 Å². The van der Waals surface area contributed by atoms with Crippen molar-refractivity contribution in [1.82, 2.24) is 4.90 Å². The molecule has 0 atom stereocenters. The first-order valence-corrected chi connectivity index (χ1v) is 10.2. The number of thioether (sulfide) groups is 1. The number of nitrogens with zero attached hydrogens (tertiary/aromatic N) is 1. The number of benzene rings is 3. The fraction of sp³-hybridized carbons (Fsp3) is 0.136. The van der Waals surface area contributed by atoms with E-state index in [0.29, 0.717) is 17.1 Å². The highest BCUT2D eigenvalue weighted by atomic mass is 35.5. The summed E-state index contributed by atoms with van der Waals surface area (Å²) in [5.41, 5.74) is 2.77. The number of hydrogen-bond donors (Lipinski definition) is 0. The number of carbonyl (C=O) groups is 1. The largest absolute Gasteiger partial charge is 0.337 e. The summed E-state index contributed by atoms with van der Waals surface area (Å²) < 4.78 is 0. The molecule has 0 heterocycles. The van der Waals surface area contributed by atoms with E-state index in [9.17, 15) is 4.79 Å². The van der Waals surface area contributed by atoms with Crippen LogP contribution in [0.1, 0.15) is 21.5 Å². The Morgan fingerprint density at radius 2 is 1.59 bits per heavy atom. The zero-order valence-electron chi connectivity index (χ0n) is 14.9. The fourth-order valence-corrected chi connectivity index (χ4v) is 3.79. The number of amides is 1. The summed E-state index contributed by atoms with van der Waals surface area (Å²) in [6, 6.07) is 23.1. The van der Waals surface area contributed by atoms with Crippen LogP contribution in [0, 0.1) is 0 Å². The smallest absolute Gasteiger partial charge is 0.253 e. The van der Waals surface area contributed by atoms with Gasteiger partial charge >= 0.3 is 0 Å². The average Bonchev–Trinajstić information content (AvgIpc) is 2.69. The minimum Gasteiger partial charge on any atom is -0.337 e. The molecule has 27 heavy (non-hydrogen) atoms. The third-order valence-electron chi connectivity index (χ3n) is 4.13. The standard InChI is InChI=1S/C22H19Cl2NOS/c1-25(14-18-4-2-3-5-21(18)24)22(26)17-8-6-16(7-9-17)15-27-20-12-10-19(23)11-13-20/h2-13H,14-15H2,1H3. The summed E-state index contributed by atoms with van der Waals surface area (Å²) in [6.45, 7) is 0.479. The van der Waals surface area contributed by atoms with Gasteiger partial charge in [-0.05, 0) is 53.6 Å².